The molecule has 2 N–H and O–H groups in total. The van der Waals surface area contributed by atoms with Crippen molar-refractivity contribution in [2.24, 2.45) is 0 Å². The van der Waals surface area contributed by atoms with Crippen molar-refractivity contribution in [2.75, 3.05) is 39.9 Å². The number of ether oxygens (including phenoxy) is 2. The Labute approximate surface area is 179 Å². The smallest absolute Gasteiger partial charge is 0.414 e. The second-order valence-corrected chi connectivity index (χ2v) is 6.55. The summed E-state index contributed by atoms with van der Waals surface area (Å²) in [6.07, 6.45) is 1.81. The topological polar surface area (TPSA) is 130 Å². The summed E-state index contributed by atoms with van der Waals surface area (Å²) in [5.41, 5.74) is 1.06. The average Bonchev–Trinajstić information content (AvgIpc) is 2.79. The number of carbonyl (C=O) groups excluding carboxylic acids is 1. The maximum atomic E-state index is 12.3. The minimum Gasteiger partial charge on any atom is -0.497 e. The Bertz CT molecular complexity index is 839. The molecular formula is C21H25N3O7. The third kappa shape index (κ3) is 8.31. The van der Waals surface area contributed by atoms with Gasteiger partial charge in [0.05, 0.1) is 12.8 Å². The van der Waals surface area contributed by atoms with Crippen LogP contribution in [0.3, 0.4) is 0 Å². The highest BCUT2D eigenvalue weighted by Gasteiger charge is 2.21. The van der Waals surface area contributed by atoms with E-state index in [1.165, 1.54) is 0 Å². The monoisotopic (exact) mass is 431 g/mol. The van der Waals surface area contributed by atoms with Gasteiger partial charge in [-0.3, -0.25) is 14.7 Å². The standard InChI is InChI=1S/C19H23N3O3.C2H2O4/c1-24-17-5-7-18(8-6-17)25-15-19(23)22-12-10-21(11-13-22)14-16-4-2-3-9-20-16;3-1(4)2(5)6/h2-9H,10-15H2,1H3;(H,3,4)(H,5,6). The molecule has 1 saturated heterocycles. The molecular weight excluding hydrogens is 406 g/mol. The molecule has 1 amide bonds. The summed E-state index contributed by atoms with van der Waals surface area (Å²) in [6.45, 7) is 4.03. The predicted octanol–water partition coefficient (Wildman–Crippen LogP) is 0.969. The molecule has 0 saturated carbocycles. The molecule has 166 valence electrons. The molecule has 1 aromatic heterocycles. The van der Waals surface area contributed by atoms with Crippen LogP contribution in [0.25, 0.3) is 0 Å². The number of benzene rings is 1. The van der Waals surface area contributed by atoms with E-state index in [9.17, 15) is 4.79 Å². The van der Waals surface area contributed by atoms with E-state index >= 15 is 0 Å². The number of methoxy groups -OCH3 is 1. The van der Waals surface area contributed by atoms with E-state index in [4.69, 9.17) is 29.3 Å². The van der Waals surface area contributed by atoms with Crippen LogP contribution in [0, 0.1) is 0 Å². The van der Waals surface area contributed by atoms with Crippen molar-refractivity contribution in [3.8, 4) is 11.5 Å². The first-order chi connectivity index (χ1) is 14.9. The predicted molar refractivity (Wildman–Crippen MR) is 110 cm³/mol. The Hall–Kier alpha value is -3.66. The molecule has 10 nitrogen and oxygen atoms in total. The van der Waals surface area contributed by atoms with Gasteiger partial charge in [0, 0.05) is 38.9 Å². The number of pyridine rings is 1. The Morgan fingerprint density at radius 2 is 1.55 bits per heavy atom. The lowest BCUT2D eigenvalue weighted by atomic mass is 10.2. The summed E-state index contributed by atoms with van der Waals surface area (Å²) in [7, 11) is 1.62. The van der Waals surface area contributed by atoms with Gasteiger partial charge in [-0.25, -0.2) is 9.59 Å². The molecule has 0 unspecified atom stereocenters. The zero-order valence-electron chi connectivity index (χ0n) is 17.1. The molecule has 1 aliphatic heterocycles. The number of carboxylic acid groups (broad SMARTS) is 2. The zero-order chi connectivity index (χ0) is 22.6. The molecule has 1 aliphatic rings. The lowest BCUT2D eigenvalue weighted by molar-refractivity contribution is -0.159. The fraction of sp³-hybridized carbons (Fsp3) is 0.333. The number of hydrogen-bond acceptors (Lipinski definition) is 7. The summed E-state index contributed by atoms with van der Waals surface area (Å²) < 4.78 is 10.7. The van der Waals surface area contributed by atoms with Crippen LogP contribution in [0.4, 0.5) is 0 Å². The molecule has 0 spiro atoms. The lowest BCUT2D eigenvalue weighted by Crippen LogP contribution is -2.49. The van der Waals surface area contributed by atoms with Crippen LogP contribution < -0.4 is 9.47 Å². The number of rotatable bonds is 6. The van der Waals surface area contributed by atoms with Crippen molar-refractivity contribution in [3.63, 3.8) is 0 Å². The van der Waals surface area contributed by atoms with Crippen LogP contribution in [0.15, 0.2) is 48.7 Å². The van der Waals surface area contributed by atoms with E-state index in [1.807, 2.05) is 41.4 Å². The summed E-state index contributed by atoms with van der Waals surface area (Å²) in [5.74, 6) is -2.19. The number of carbonyl (C=O) groups is 3. The molecule has 2 aromatic rings. The first kappa shape index (κ1) is 23.6. The molecule has 0 aliphatic carbocycles. The van der Waals surface area contributed by atoms with E-state index in [0.29, 0.717) is 5.75 Å². The fourth-order valence-corrected chi connectivity index (χ4v) is 2.78. The van der Waals surface area contributed by atoms with Gasteiger partial charge in [-0.2, -0.15) is 0 Å². The molecule has 0 bridgehead atoms. The second kappa shape index (κ2) is 12.1. The van der Waals surface area contributed by atoms with E-state index in [-0.39, 0.29) is 12.5 Å². The molecule has 0 atom stereocenters. The molecule has 1 fully saturated rings. The Morgan fingerprint density at radius 1 is 0.935 bits per heavy atom. The molecule has 0 radical (unpaired) electrons. The number of aliphatic carboxylic acids is 2. The van der Waals surface area contributed by atoms with E-state index in [2.05, 4.69) is 9.88 Å². The molecule has 3 rings (SSSR count). The Morgan fingerprint density at radius 3 is 2.06 bits per heavy atom. The molecule has 1 aromatic carbocycles. The van der Waals surface area contributed by atoms with E-state index in [1.54, 1.807) is 19.2 Å². The van der Waals surface area contributed by atoms with Crippen molar-refractivity contribution >= 4 is 17.8 Å². The van der Waals surface area contributed by atoms with Gasteiger partial charge in [-0.15, -0.1) is 0 Å². The number of amides is 1. The fourth-order valence-electron chi connectivity index (χ4n) is 2.78. The average molecular weight is 431 g/mol. The van der Waals surface area contributed by atoms with Crippen molar-refractivity contribution in [1.29, 1.82) is 0 Å². The van der Waals surface area contributed by atoms with Gasteiger partial charge in [0.1, 0.15) is 11.5 Å². The van der Waals surface area contributed by atoms with Crippen molar-refractivity contribution in [1.82, 2.24) is 14.8 Å². The summed E-state index contributed by atoms with van der Waals surface area (Å²) in [5, 5.41) is 14.8. The number of nitrogens with zero attached hydrogens (tertiary/aromatic N) is 3. The van der Waals surface area contributed by atoms with Gasteiger partial charge >= 0.3 is 11.9 Å². The zero-order valence-corrected chi connectivity index (χ0v) is 17.1. The van der Waals surface area contributed by atoms with Gasteiger partial charge in [-0.05, 0) is 36.4 Å². The van der Waals surface area contributed by atoms with Crippen LogP contribution in [0.1, 0.15) is 5.69 Å². The first-order valence-corrected chi connectivity index (χ1v) is 9.52. The highest BCUT2D eigenvalue weighted by molar-refractivity contribution is 6.27. The normalized spacial score (nSPS) is 13.5. The van der Waals surface area contributed by atoms with Gasteiger partial charge in [0.25, 0.3) is 5.91 Å². The van der Waals surface area contributed by atoms with Crippen LogP contribution in [0.2, 0.25) is 0 Å². The maximum absolute atomic E-state index is 12.3. The number of carboxylic acids is 2. The maximum Gasteiger partial charge on any atom is 0.414 e. The molecule has 10 heteroatoms. The van der Waals surface area contributed by atoms with Crippen LogP contribution in [-0.2, 0) is 20.9 Å². The quantitative estimate of drug-likeness (QED) is 0.643. The first-order valence-electron chi connectivity index (χ1n) is 9.52. The SMILES string of the molecule is COc1ccc(OCC(=O)N2CCN(Cc3ccccn3)CC2)cc1.O=C(O)C(=O)O. The number of piperazine rings is 1. The van der Waals surface area contributed by atoms with Crippen molar-refractivity contribution < 1.29 is 34.1 Å². The van der Waals surface area contributed by atoms with Gasteiger partial charge in [-0.1, -0.05) is 6.07 Å². The Balaban J connectivity index is 0.000000501. The van der Waals surface area contributed by atoms with Crippen LogP contribution >= 0.6 is 0 Å². The van der Waals surface area contributed by atoms with Gasteiger partial charge < -0.3 is 24.6 Å². The van der Waals surface area contributed by atoms with Crippen molar-refractivity contribution in [2.45, 2.75) is 6.54 Å². The highest BCUT2D eigenvalue weighted by atomic mass is 16.5. The third-order valence-electron chi connectivity index (χ3n) is 4.44. The molecule has 2 heterocycles. The summed E-state index contributed by atoms with van der Waals surface area (Å²) in [6, 6.07) is 13.2. The van der Waals surface area contributed by atoms with Crippen molar-refractivity contribution in [3.05, 3.63) is 54.4 Å². The largest absolute Gasteiger partial charge is 0.497 e. The minimum absolute atomic E-state index is 0.0216. The molecule has 31 heavy (non-hydrogen) atoms. The lowest BCUT2D eigenvalue weighted by Gasteiger charge is -2.34. The minimum atomic E-state index is -1.82. The summed E-state index contributed by atoms with van der Waals surface area (Å²) in [4.78, 5) is 39.0. The third-order valence-corrected chi connectivity index (χ3v) is 4.44. The van der Waals surface area contributed by atoms with E-state index < -0.39 is 11.9 Å². The number of hydrogen-bond donors (Lipinski definition) is 2. The van der Waals surface area contributed by atoms with Crippen LogP contribution in [-0.4, -0.2) is 82.7 Å². The number of aromatic nitrogens is 1. The van der Waals surface area contributed by atoms with Gasteiger partial charge in [0.15, 0.2) is 6.61 Å². The summed E-state index contributed by atoms with van der Waals surface area (Å²) >= 11 is 0. The Kier molecular flexibility index (Phi) is 9.24. The van der Waals surface area contributed by atoms with Gasteiger partial charge in [0.2, 0.25) is 0 Å². The van der Waals surface area contributed by atoms with Crippen LogP contribution in [0.5, 0.6) is 11.5 Å². The van der Waals surface area contributed by atoms with E-state index in [0.717, 1.165) is 44.2 Å². The second-order valence-electron chi connectivity index (χ2n) is 6.55. The highest BCUT2D eigenvalue weighted by Crippen LogP contribution is 2.17.